The number of aliphatic hydroxyl groups is 3. The van der Waals surface area contributed by atoms with Crippen LogP contribution in [0.4, 0.5) is 0 Å². The van der Waals surface area contributed by atoms with Gasteiger partial charge in [-0.15, -0.1) is 0 Å². The molecular formula is C35H52N3O10-. The SMILES string of the molecule is COC(CC(C)C(O)C=CC=CCNC(=O)C(C)(C)C(O)C(C)=CC=CC=CC(C)=C(C)N([O-])O)C1(O)C(C)C(=O)N(C)C12COC2=O. The van der Waals surface area contributed by atoms with Crippen LogP contribution in [-0.2, 0) is 23.9 Å². The molecule has 2 aliphatic rings. The number of methoxy groups -OCH3 is 1. The number of ether oxygens (including phenoxy) is 2. The van der Waals surface area contributed by atoms with E-state index in [4.69, 9.17) is 14.7 Å². The maximum absolute atomic E-state index is 12.9. The lowest BCUT2D eigenvalue weighted by atomic mass is 9.68. The zero-order chi connectivity index (χ0) is 36.6. The fraction of sp³-hybridized carbons (Fsp3) is 0.571. The van der Waals surface area contributed by atoms with Crippen LogP contribution in [0.1, 0.15) is 54.9 Å². The molecule has 7 unspecified atom stereocenters. The van der Waals surface area contributed by atoms with E-state index in [0.717, 1.165) is 0 Å². The molecule has 268 valence electrons. The third-order valence-electron chi connectivity index (χ3n) is 9.71. The molecule has 2 amide bonds. The van der Waals surface area contributed by atoms with E-state index < -0.39 is 52.7 Å². The second-order valence-electron chi connectivity index (χ2n) is 13.2. The van der Waals surface area contributed by atoms with E-state index in [1.54, 1.807) is 96.2 Å². The number of aliphatic hydroxyl groups excluding tert-OH is 2. The molecule has 1 spiro atoms. The zero-order valence-corrected chi connectivity index (χ0v) is 29.3. The number of carbonyl (C=O) groups is 3. The largest absolute Gasteiger partial charge is 0.734 e. The number of carbonyl (C=O) groups excluding carboxylic acids is 3. The Bertz CT molecular complexity index is 1360. The Labute approximate surface area is 283 Å². The van der Waals surface area contributed by atoms with Gasteiger partial charge in [0.05, 0.1) is 29.6 Å². The number of hydroxylamine groups is 2. The van der Waals surface area contributed by atoms with E-state index >= 15 is 0 Å². The van der Waals surface area contributed by atoms with E-state index in [9.17, 15) is 34.9 Å². The fourth-order valence-corrected chi connectivity index (χ4v) is 5.97. The van der Waals surface area contributed by atoms with Crippen molar-refractivity contribution in [3.63, 3.8) is 0 Å². The van der Waals surface area contributed by atoms with E-state index in [-0.39, 0.29) is 42.3 Å². The molecule has 2 aliphatic heterocycles. The Morgan fingerprint density at radius 1 is 1.19 bits per heavy atom. The first kappa shape index (κ1) is 40.6. The highest BCUT2D eigenvalue weighted by Crippen LogP contribution is 2.51. The van der Waals surface area contributed by atoms with Gasteiger partial charge in [-0.25, -0.2) is 4.79 Å². The molecule has 48 heavy (non-hydrogen) atoms. The van der Waals surface area contributed by atoms with Crippen molar-refractivity contribution in [2.75, 3.05) is 27.3 Å². The smallest absolute Gasteiger partial charge is 0.338 e. The quantitative estimate of drug-likeness (QED) is 0.0919. The molecule has 2 fully saturated rings. The van der Waals surface area contributed by atoms with Crippen LogP contribution in [0.2, 0.25) is 0 Å². The minimum Gasteiger partial charge on any atom is -0.734 e. The molecule has 0 bridgehead atoms. The van der Waals surface area contributed by atoms with Gasteiger partial charge < -0.3 is 45.4 Å². The van der Waals surface area contributed by atoms with Crippen LogP contribution >= 0.6 is 0 Å². The molecule has 7 atom stereocenters. The number of nitrogens with zero attached hydrogens (tertiary/aromatic N) is 2. The highest BCUT2D eigenvalue weighted by Gasteiger charge is 2.77. The van der Waals surface area contributed by atoms with Gasteiger partial charge in [0.1, 0.15) is 12.2 Å². The summed E-state index contributed by atoms with van der Waals surface area (Å²) in [6, 6.07) is 0. The van der Waals surface area contributed by atoms with Gasteiger partial charge in [0.25, 0.3) is 0 Å². The molecule has 0 aromatic rings. The number of likely N-dealkylation sites (tertiary alicyclic amines) is 1. The topological polar surface area (TPSA) is 192 Å². The molecule has 13 nitrogen and oxygen atoms in total. The van der Waals surface area contributed by atoms with E-state index in [1.165, 1.54) is 26.0 Å². The van der Waals surface area contributed by atoms with E-state index in [0.29, 0.717) is 11.1 Å². The average Bonchev–Trinajstić information content (AvgIpc) is 3.20. The third kappa shape index (κ3) is 8.16. The number of likely N-dealkylation sites (N-methyl/N-ethyl adjacent to an activating group) is 1. The molecule has 0 aliphatic carbocycles. The monoisotopic (exact) mass is 674 g/mol. The third-order valence-corrected chi connectivity index (χ3v) is 9.71. The lowest BCUT2D eigenvalue weighted by Crippen LogP contribution is -2.76. The molecule has 2 saturated heterocycles. The van der Waals surface area contributed by atoms with Crippen molar-refractivity contribution < 1.29 is 44.4 Å². The number of nitrogens with one attached hydrogen (secondary N) is 1. The molecule has 13 heteroatoms. The summed E-state index contributed by atoms with van der Waals surface area (Å²) >= 11 is 0. The standard InChI is InChI=1S/C35H52N3O10/c1-22(26(5)38(45)46)16-12-10-13-17-23(2)29(40)33(6,7)31(42)36-19-15-11-14-18-27(39)24(3)20-28(47-9)35(44)25(4)30(41)37(8)34(35)21-48-32(34)43/h10-18,24-25,27-29,39-40,44-45H,19-21H2,1-9H3,(H,36,42)/q-1. The zero-order valence-electron chi connectivity index (χ0n) is 29.3. The highest BCUT2D eigenvalue weighted by atomic mass is 16.8. The summed E-state index contributed by atoms with van der Waals surface area (Å²) in [6.45, 7) is 11.5. The second-order valence-corrected chi connectivity index (χ2v) is 13.2. The molecule has 0 saturated carbocycles. The Balaban J connectivity index is 1.92. The van der Waals surface area contributed by atoms with Crippen molar-refractivity contribution in [1.29, 1.82) is 0 Å². The van der Waals surface area contributed by atoms with Crippen molar-refractivity contribution in [3.8, 4) is 0 Å². The van der Waals surface area contributed by atoms with Crippen LogP contribution in [0.3, 0.4) is 0 Å². The van der Waals surface area contributed by atoms with Gasteiger partial charge in [-0.05, 0) is 58.1 Å². The number of rotatable bonds is 16. The van der Waals surface area contributed by atoms with Crippen molar-refractivity contribution in [2.45, 2.75) is 84.3 Å². The van der Waals surface area contributed by atoms with Crippen LogP contribution in [0.15, 0.2) is 71.5 Å². The van der Waals surface area contributed by atoms with Gasteiger partial charge in [0.15, 0.2) is 0 Å². The maximum Gasteiger partial charge on any atom is 0.338 e. The first-order valence-corrected chi connectivity index (χ1v) is 15.8. The number of allylic oxidation sites excluding steroid dienone is 9. The van der Waals surface area contributed by atoms with E-state index in [2.05, 4.69) is 5.32 Å². The molecule has 2 rings (SSSR count). The number of hydrogen-bond acceptors (Lipinski definition) is 11. The number of amides is 2. The fourth-order valence-electron chi connectivity index (χ4n) is 5.97. The predicted octanol–water partition coefficient (Wildman–Crippen LogP) is 2.68. The Hall–Kier alpha value is -3.59. The molecule has 2 heterocycles. The molecule has 0 aromatic carbocycles. The first-order chi connectivity index (χ1) is 22.3. The number of cyclic esters (lactones) is 1. The Morgan fingerprint density at radius 2 is 1.83 bits per heavy atom. The molecule has 0 aromatic heterocycles. The maximum atomic E-state index is 12.9. The summed E-state index contributed by atoms with van der Waals surface area (Å²) in [5, 5.41) is 55.9. The van der Waals surface area contributed by atoms with Crippen LogP contribution < -0.4 is 5.32 Å². The van der Waals surface area contributed by atoms with Crippen LogP contribution in [0.5, 0.6) is 0 Å². The summed E-state index contributed by atoms with van der Waals surface area (Å²) in [6.07, 6.45) is 12.1. The number of hydrogen-bond donors (Lipinski definition) is 5. The molecule has 5 N–H and O–H groups in total. The Kier molecular flexibility index (Phi) is 14.1. The van der Waals surface area contributed by atoms with Gasteiger partial charge in [0, 0.05) is 26.4 Å². The van der Waals surface area contributed by atoms with Gasteiger partial charge >= 0.3 is 5.97 Å². The summed E-state index contributed by atoms with van der Waals surface area (Å²) in [4.78, 5) is 39.4. The first-order valence-electron chi connectivity index (χ1n) is 15.8. The van der Waals surface area contributed by atoms with Crippen LogP contribution in [0, 0.1) is 22.5 Å². The van der Waals surface area contributed by atoms with E-state index in [1.807, 2.05) is 0 Å². The average molecular weight is 675 g/mol. The van der Waals surface area contributed by atoms with Crippen LogP contribution in [-0.4, -0.2) is 105 Å². The summed E-state index contributed by atoms with van der Waals surface area (Å²) in [5.41, 5.74) is -3.20. The normalized spacial score (nSPS) is 26.8. The lowest BCUT2D eigenvalue weighted by Gasteiger charge is -2.51. The van der Waals surface area contributed by atoms with Crippen LogP contribution in [0.25, 0.3) is 0 Å². The highest BCUT2D eigenvalue weighted by molar-refractivity contribution is 5.99. The van der Waals surface area contributed by atoms with Gasteiger partial charge in [-0.2, -0.15) is 0 Å². The molecule has 0 radical (unpaired) electrons. The number of esters is 1. The minimum atomic E-state index is -1.84. The Morgan fingerprint density at radius 3 is 2.38 bits per heavy atom. The predicted molar refractivity (Wildman–Crippen MR) is 180 cm³/mol. The summed E-state index contributed by atoms with van der Waals surface area (Å²) in [7, 11) is 2.86. The molecular weight excluding hydrogens is 622 g/mol. The van der Waals surface area contributed by atoms with Crippen molar-refractivity contribution >= 4 is 17.8 Å². The summed E-state index contributed by atoms with van der Waals surface area (Å²) < 4.78 is 10.6. The summed E-state index contributed by atoms with van der Waals surface area (Å²) in [5.74, 6) is -2.77. The minimum absolute atomic E-state index is 0.134. The van der Waals surface area contributed by atoms with Crippen molar-refractivity contribution in [1.82, 2.24) is 15.4 Å². The second kappa shape index (κ2) is 16.7. The van der Waals surface area contributed by atoms with Crippen molar-refractivity contribution in [3.05, 3.63) is 76.7 Å². The van der Waals surface area contributed by atoms with Gasteiger partial charge in [0.2, 0.25) is 17.4 Å². The van der Waals surface area contributed by atoms with Gasteiger partial charge in [-0.3, -0.25) is 14.8 Å². The lowest BCUT2D eigenvalue weighted by molar-refractivity contribution is -0.235. The van der Waals surface area contributed by atoms with Crippen molar-refractivity contribution in [2.24, 2.45) is 17.3 Å². The van der Waals surface area contributed by atoms with Gasteiger partial charge in [-0.1, -0.05) is 68.5 Å².